The zero-order valence-electron chi connectivity index (χ0n) is 12.0. The molecule has 1 nitrogen and oxygen atoms in total. The molecular formula is C15H23BrOSi. The second-order valence-electron chi connectivity index (χ2n) is 6.86. The first kappa shape index (κ1) is 14.3. The van der Waals surface area contributed by atoms with Crippen molar-refractivity contribution in [3.63, 3.8) is 0 Å². The number of benzene rings is 1. The molecule has 1 fully saturated rings. The van der Waals surface area contributed by atoms with Gasteiger partial charge in [-0.2, -0.15) is 0 Å². The lowest BCUT2D eigenvalue weighted by molar-refractivity contribution is 0.159. The van der Waals surface area contributed by atoms with Gasteiger partial charge >= 0.3 is 0 Å². The third kappa shape index (κ3) is 2.73. The Hall–Kier alpha value is -0.123. The van der Waals surface area contributed by atoms with Crippen LogP contribution in [0, 0.1) is 0 Å². The molecule has 18 heavy (non-hydrogen) atoms. The predicted octanol–water partition coefficient (Wildman–Crippen LogP) is 5.46. The first-order chi connectivity index (χ1) is 8.16. The molecular weight excluding hydrogens is 304 g/mol. The van der Waals surface area contributed by atoms with Gasteiger partial charge in [0.25, 0.3) is 0 Å². The lowest BCUT2D eigenvalue weighted by atomic mass is 10.1. The van der Waals surface area contributed by atoms with Gasteiger partial charge in [0.2, 0.25) is 0 Å². The maximum Gasteiger partial charge on any atom is 0.193 e. The molecule has 1 aromatic rings. The predicted molar refractivity (Wildman–Crippen MR) is 83.3 cm³/mol. The van der Waals surface area contributed by atoms with Crippen molar-refractivity contribution in [3.05, 3.63) is 34.3 Å². The molecule has 0 atom stereocenters. The van der Waals surface area contributed by atoms with E-state index < -0.39 is 8.32 Å². The van der Waals surface area contributed by atoms with Crippen LogP contribution in [-0.4, -0.2) is 8.32 Å². The number of hydrogen-bond donors (Lipinski definition) is 0. The van der Waals surface area contributed by atoms with Crippen molar-refractivity contribution in [1.29, 1.82) is 0 Å². The Morgan fingerprint density at radius 2 is 1.61 bits per heavy atom. The van der Waals surface area contributed by atoms with Crippen molar-refractivity contribution in [2.24, 2.45) is 0 Å². The van der Waals surface area contributed by atoms with Crippen LogP contribution in [0.5, 0.6) is 0 Å². The van der Waals surface area contributed by atoms with Crippen molar-refractivity contribution in [1.82, 2.24) is 0 Å². The first-order valence-electron chi connectivity index (χ1n) is 6.63. The zero-order valence-corrected chi connectivity index (χ0v) is 14.6. The van der Waals surface area contributed by atoms with Crippen molar-refractivity contribution < 1.29 is 4.43 Å². The highest BCUT2D eigenvalue weighted by Crippen LogP contribution is 2.54. The van der Waals surface area contributed by atoms with Crippen molar-refractivity contribution in [3.8, 4) is 0 Å². The van der Waals surface area contributed by atoms with E-state index in [9.17, 15) is 0 Å². The molecule has 1 saturated carbocycles. The highest BCUT2D eigenvalue weighted by atomic mass is 79.9. The maximum atomic E-state index is 6.65. The molecule has 0 amide bonds. The fourth-order valence-corrected chi connectivity index (χ4v) is 3.83. The summed E-state index contributed by atoms with van der Waals surface area (Å²) in [5, 5.41) is 0.276. The van der Waals surface area contributed by atoms with Gasteiger partial charge < -0.3 is 4.43 Å². The minimum Gasteiger partial charge on any atom is -0.407 e. The van der Waals surface area contributed by atoms with Crippen LogP contribution in [0.3, 0.4) is 0 Å². The molecule has 100 valence electrons. The van der Waals surface area contributed by atoms with E-state index in [0.717, 1.165) is 4.47 Å². The summed E-state index contributed by atoms with van der Waals surface area (Å²) in [5.41, 5.74) is 1.36. The Labute approximate surface area is 120 Å². The van der Waals surface area contributed by atoms with E-state index in [1.807, 2.05) is 0 Å². The molecule has 0 unspecified atom stereocenters. The SMILES string of the molecule is CC(C)(C)[Si](C)(C)OC1(c2ccc(Br)cc2)CC1. The highest BCUT2D eigenvalue weighted by Gasteiger charge is 2.52. The minimum absolute atomic E-state index is 0.0176. The van der Waals surface area contributed by atoms with Gasteiger partial charge in [0.15, 0.2) is 8.32 Å². The number of halogens is 1. The zero-order chi connectivity index (χ0) is 13.6. The molecule has 0 N–H and O–H groups in total. The van der Waals surface area contributed by atoms with Crippen molar-refractivity contribution in [2.45, 2.75) is 57.3 Å². The second-order valence-corrected chi connectivity index (χ2v) is 12.5. The Morgan fingerprint density at radius 1 is 1.11 bits per heavy atom. The molecule has 0 saturated heterocycles. The molecule has 3 heteroatoms. The third-order valence-electron chi connectivity index (χ3n) is 4.33. The van der Waals surface area contributed by atoms with E-state index in [0.29, 0.717) is 0 Å². The standard InChI is InChI=1S/C15H23BrOSi/c1-14(2,3)18(4,5)17-15(10-11-15)12-6-8-13(16)9-7-12/h6-9H,10-11H2,1-5H3. The van der Waals surface area contributed by atoms with E-state index in [1.165, 1.54) is 18.4 Å². The summed E-state index contributed by atoms with van der Waals surface area (Å²) in [5.74, 6) is 0. The monoisotopic (exact) mass is 326 g/mol. The molecule has 2 rings (SSSR count). The van der Waals surface area contributed by atoms with Gasteiger partial charge in [-0.25, -0.2) is 0 Å². The summed E-state index contributed by atoms with van der Waals surface area (Å²) in [6.07, 6.45) is 2.34. The van der Waals surface area contributed by atoms with Gasteiger partial charge in [0.05, 0.1) is 5.60 Å². The topological polar surface area (TPSA) is 9.23 Å². The van der Waals surface area contributed by atoms with Gasteiger partial charge in [-0.15, -0.1) is 0 Å². The van der Waals surface area contributed by atoms with Crippen LogP contribution < -0.4 is 0 Å². The van der Waals surface area contributed by atoms with Crippen LogP contribution in [-0.2, 0) is 10.0 Å². The maximum absolute atomic E-state index is 6.65. The Morgan fingerprint density at radius 3 is 2.00 bits per heavy atom. The van der Waals surface area contributed by atoms with Crippen LogP contribution in [0.25, 0.3) is 0 Å². The summed E-state index contributed by atoms with van der Waals surface area (Å²) in [4.78, 5) is 0. The lowest BCUT2D eigenvalue weighted by Gasteiger charge is -2.39. The van der Waals surface area contributed by atoms with Crippen LogP contribution >= 0.6 is 15.9 Å². The molecule has 0 aromatic heterocycles. The Balaban J connectivity index is 2.21. The summed E-state index contributed by atoms with van der Waals surface area (Å²) < 4.78 is 7.78. The fourth-order valence-electron chi connectivity index (χ4n) is 1.96. The average molecular weight is 327 g/mol. The summed E-state index contributed by atoms with van der Waals surface area (Å²) >= 11 is 3.49. The molecule has 1 aliphatic carbocycles. The average Bonchev–Trinajstić information content (AvgIpc) is 2.97. The van der Waals surface area contributed by atoms with E-state index in [-0.39, 0.29) is 10.6 Å². The molecule has 0 spiro atoms. The normalized spacial score (nSPS) is 18.8. The fraction of sp³-hybridized carbons (Fsp3) is 0.600. The van der Waals surface area contributed by atoms with E-state index in [1.54, 1.807) is 0 Å². The molecule has 0 bridgehead atoms. The Kier molecular flexibility index (Phi) is 3.54. The van der Waals surface area contributed by atoms with E-state index in [4.69, 9.17) is 4.43 Å². The first-order valence-corrected chi connectivity index (χ1v) is 10.3. The Bertz CT molecular complexity index is 427. The molecule has 0 heterocycles. The summed E-state index contributed by atoms with van der Waals surface area (Å²) in [6.45, 7) is 11.6. The summed E-state index contributed by atoms with van der Waals surface area (Å²) in [7, 11) is -1.69. The van der Waals surface area contributed by atoms with Crippen molar-refractivity contribution >= 4 is 24.2 Å². The molecule has 1 aromatic carbocycles. The smallest absolute Gasteiger partial charge is 0.193 e. The largest absolute Gasteiger partial charge is 0.407 e. The minimum atomic E-state index is -1.69. The van der Waals surface area contributed by atoms with E-state index >= 15 is 0 Å². The second kappa shape index (κ2) is 4.46. The summed E-state index contributed by atoms with van der Waals surface area (Å²) in [6, 6.07) is 8.63. The molecule has 1 aliphatic rings. The third-order valence-corrected chi connectivity index (χ3v) is 9.37. The number of hydrogen-bond acceptors (Lipinski definition) is 1. The molecule has 0 aliphatic heterocycles. The van der Waals surface area contributed by atoms with Gasteiger partial charge in [-0.05, 0) is 48.7 Å². The van der Waals surface area contributed by atoms with Gasteiger partial charge in [0.1, 0.15) is 0 Å². The van der Waals surface area contributed by atoms with Crippen LogP contribution in [0.15, 0.2) is 28.7 Å². The van der Waals surface area contributed by atoms with Crippen LogP contribution in [0.1, 0.15) is 39.2 Å². The van der Waals surface area contributed by atoms with Gasteiger partial charge in [0, 0.05) is 4.47 Å². The van der Waals surface area contributed by atoms with Gasteiger partial charge in [-0.1, -0.05) is 48.8 Å². The van der Waals surface area contributed by atoms with E-state index in [2.05, 4.69) is 74.1 Å². The lowest BCUT2D eigenvalue weighted by Crippen LogP contribution is -2.44. The molecule has 0 radical (unpaired) electrons. The van der Waals surface area contributed by atoms with Crippen LogP contribution in [0.2, 0.25) is 18.1 Å². The number of rotatable bonds is 3. The van der Waals surface area contributed by atoms with Crippen molar-refractivity contribution in [2.75, 3.05) is 0 Å². The van der Waals surface area contributed by atoms with Gasteiger partial charge in [-0.3, -0.25) is 0 Å². The van der Waals surface area contributed by atoms with Crippen LogP contribution in [0.4, 0.5) is 0 Å². The highest BCUT2D eigenvalue weighted by molar-refractivity contribution is 9.10. The quantitative estimate of drug-likeness (QED) is 0.670.